The Morgan fingerprint density at radius 1 is 1.00 bits per heavy atom. The molecule has 10 nitrogen and oxygen atoms in total. The van der Waals surface area contributed by atoms with E-state index >= 15 is 4.39 Å². The van der Waals surface area contributed by atoms with E-state index in [0.717, 1.165) is 37.6 Å². The van der Waals surface area contributed by atoms with Gasteiger partial charge >= 0.3 is 6.09 Å². The number of sulfonamides is 1. The van der Waals surface area contributed by atoms with Crippen molar-refractivity contribution in [2.75, 3.05) is 25.5 Å². The number of aromatic nitrogens is 1. The highest BCUT2D eigenvalue weighted by atomic mass is 32.2. The fourth-order valence-corrected chi connectivity index (χ4v) is 8.51. The predicted octanol–water partition coefficient (Wildman–Crippen LogP) is 4.61. The van der Waals surface area contributed by atoms with Crippen LogP contribution >= 0.6 is 0 Å². The van der Waals surface area contributed by atoms with Crippen LogP contribution in [0.5, 0.6) is 0 Å². The first kappa shape index (κ1) is 35.2. The smallest absolute Gasteiger partial charge is 0.407 e. The Kier molecular flexibility index (Phi) is 11.0. The third-order valence-corrected chi connectivity index (χ3v) is 11.2. The second-order valence-electron chi connectivity index (χ2n) is 12.1. The number of nitrogens with zero attached hydrogens (tertiary/aromatic N) is 2. The summed E-state index contributed by atoms with van der Waals surface area (Å²) in [4.78, 5) is 30.3. The molecule has 1 saturated carbocycles. The normalized spacial score (nSPS) is 19.7. The molecule has 0 bridgehead atoms. The highest BCUT2D eigenvalue weighted by Crippen LogP contribution is 2.35. The number of alkyl carbamates (subject to hydrolysis) is 1. The summed E-state index contributed by atoms with van der Waals surface area (Å²) in [7, 11) is -2.40. The van der Waals surface area contributed by atoms with Crippen molar-refractivity contribution in [2.24, 2.45) is 0 Å². The van der Waals surface area contributed by atoms with E-state index in [1.165, 1.54) is 18.3 Å². The molecular formula is C33H37F4N5O5S. The van der Waals surface area contributed by atoms with Crippen LogP contribution in [-0.2, 0) is 26.0 Å². The Balaban J connectivity index is 1.41. The predicted molar refractivity (Wildman–Crippen MR) is 170 cm³/mol. The second kappa shape index (κ2) is 15.0. The standard InChI is InChI=1S/C33H37F4N5O5S/c1-19-15-38-16-25(42(19)48(45,46)26-10-11-26)4-3-5-27-28(37)17-39-18-29(27)40-32(43)31(41-33(44)47-2)30(20-6-8-22(34)9-7-20)21-12-23(35)14-24(36)13-21/h6-9,12-14,17-19,25-26,30-31,38H,3-5,10-11,15-16H2,1-2H3,(H,40,43)(H,41,44)/t19-,25+,30+,31+/m1/s1. The SMILES string of the molecule is COC(=O)N[C@H](C(=O)Nc1cncc(F)c1CCC[C@H]1CNC[C@@H](C)N1S(=O)(=O)C1CC1)[C@@H](c1ccc(F)cc1)c1cc(F)cc(F)c1. The Labute approximate surface area is 276 Å². The number of anilines is 1. The molecule has 1 saturated heterocycles. The van der Waals surface area contributed by atoms with Gasteiger partial charge in [-0.25, -0.2) is 30.8 Å². The molecule has 4 atom stereocenters. The summed E-state index contributed by atoms with van der Waals surface area (Å²) in [5.74, 6) is -5.37. The molecule has 258 valence electrons. The fourth-order valence-electron chi connectivity index (χ4n) is 6.26. The van der Waals surface area contributed by atoms with Crippen molar-refractivity contribution in [1.29, 1.82) is 0 Å². The largest absolute Gasteiger partial charge is 0.453 e. The van der Waals surface area contributed by atoms with Crippen LogP contribution in [0, 0.1) is 23.3 Å². The first-order valence-corrected chi connectivity index (χ1v) is 17.1. The Morgan fingerprint density at radius 3 is 2.33 bits per heavy atom. The van der Waals surface area contributed by atoms with Crippen LogP contribution in [0.2, 0.25) is 0 Å². The molecule has 2 fully saturated rings. The van der Waals surface area contributed by atoms with E-state index in [1.807, 2.05) is 6.92 Å². The van der Waals surface area contributed by atoms with Gasteiger partial charge in [-0.05, 0) is 74.4 Å². The van der Waals surface area contributed by atoms with Gasteiger partial charge in [-0.15, -0.1) is 0 Å². The molecule has 2 heterocycles. The van der Waals surface area contributed by atoms with Crippen LogP contribution in [0.1, 0.15) is 55.2 Å². The number of nitrogens with one attached hydrogen (secondary N) is 3. The van der Waals surface area contributed by atoms with Crippen molar-refractivity contribution in [2.45, 2.75) is 68.3 Å². The molecule has 0 spiro atoms. The molecule has 48 heavy (non-hydrogen) atoms. The Bertz CT molecular complexity index is 1720. The number of methoxy groups -OCH3 is 1. The third-order valence-electron chi connectivity index (χ3n) is 8.63. The van der Waals surface area contributed by atoms with Gasteiger partial charge in [-0.3, -0.25) is 9.78 Å². The number of pyridine rings is 1. The van der Waals surface area contributed by atoms with Crippen molar-refractivity contribution in [3.8, 4) is 0 Å². The minimum Gasteiger partial charge on any atom is -0.453 e. The molecule has 3 N–H and O–H groups in total. The van der Waals surface area contributed by atoms with Crippen molar-refractivity contribution in [3.63, 3.8) is 0 Å². The van der Waals surface area contributed by atoms with Gasteiger partial charge in [0.05, 0.1) is 30.4 Å². The number of ether oxygens (including phenoxy) is 1. The lowest BCUT2D eigenvalue weighted by atomic mass is 9.84. The monoisotopic (exact) mass is 691 g/mol. The maximum atomic E-state index is 15.2. The van der Waals surface area contributed by atoms with Crippen LogP contribution in [0.4, 0.5) is 28.0 Å². The van der Waals surface area contributed by atoms with Crippen molar-refractivity contribution in [1.82, 2.24) is 19.9 Å². The quantitative estimate of drug-likeness (QED) is 0.237. The topological polar surface area (TPSA) is 130 Å². The molecule has 1 aromatic heterocycles. The highest BCUT2D eigenvalue weighted by molar-refractivity contribution is 7.90. The third kappa shape index (κ3) is 8.13. The molecule has 15 heteroatoms. The second-order valence-corrected chi connectivity index (χ2v) is 14.2. The number of hydrogen-bond acceptors (Lipinski definition) is 7. The first-order chi connectivity index (χ1) is 22.9. The Morgan fingerprint density at radius 2 is 1.69 bits per heavy atom. The van der Waals surface area contributed by atoms with E-state index in [-0.39, 0.29) is 46.1 Å². The van der Waals surface area contributed by atoms with E-state index in [0.29, 0.717) is 44.8 Å². The lowest BCUT2D eigenvalue weighted by molar-refractivity contribution is -0.118. The van der Waals surface area contributed by atoms with E-state index < -0.39 is 57.3 Å². The number of carbonyl (C=O) groups excluding carboxylic acids is 2. The van der Waals surface area contributed by atoms with Gasteiger partial charge in [-0.2, -0.15) is 4.31 Å². The van der Waals surface area contributed by atoms with Crippen LogP contribution in [0.15, 0.2) is 54.9 Å². The first-order valence-electron chi connectivity index (χ1n) is 15.6. The van der Waals surface area contributed by atoms with Gasteiger partial charge in [0.1, 0.15) is 29.3 Å². The zero-order chi connectivity index (χ0) is 34.6. The molecule has 2 amide bonds. The van der Waals surface area contributed by atoms with E-state index in [9.17, 15) is 31.2 Å². The van der Waals surface area contributed by atoms with Gasteiger partial charge in [0.25, 0.3) is 0 Å². The zero-order valence-electron chi connectivity index (χ0n) is 26.4. The van der Waals surface area contributed by atoms with Crippen LogP contribution < -0.4 is 16.0 Å². The summed E-state index contributed by atoms with van der Waals surface area (Å²) in [5.41, 5.74) is 0.266. The van der Waals surface area contributed by atoms with E-state index in [4.69, 9.17) is 4.74 Å². The Hall–Kier alpha value is -4.08. The molecule has 2 aromatic carbocycles. The molecule has 1 aliphatic heterocycles. The lowest BCUT2D eigenvalue weighted by Gasteiger charge is -2.40. The fraction of sp³-hybridized carbons (Fsp3) is 0.424. The van der Waals surface area contributed by atoms with E-state index in [2.05, 4.69) is 20.9 Å². The van der Waals surface area contributed by atoms with Gasteiger partial charge < -0.3 is 20.7 Å². The maximum absolute atomic E-state index is 15.2. The number of piperazine rings is 1. The molecule has 2 aliphatic rings. The summed E-state index contributed by atoms with van der Waals surface area (Å²) in [5, 5.41) is 7.90. The molecule has 0 unspecified atom stereocenters. The van der Waals surface area contributed by atoms with Gasteiger partial charge in [-0.1, -0.05) is 12.1 Å². The maximum Gasteiger partial charge on any atom is 0.407 e. The number of benzene rings is 2. The number of hydrogen-bond donors (Lipinski definition) is 3. The summed E-state index contributed by atoms with van der Waals surface area (Å²) in [6, 6.07) is 5.27. The lowest BCUT2D eigenvalue weighted by Crippen LogP contribution is -2.58. The molecular weight excluding hydrogens is 654 g/mol. The van der Waals surface area contributed by atoms with Crippen molar-refractivity contribution < 1.29 is 40.3 Å². The van der Waals surface area contributed by atoms with Crippen molar-refractivity contribution >= 4 is 27.7 Å². The van der Waals surface area contributed by atoms with Crippen LogP contribution in [0.3, 0.4) is 0 Å². The average Bonchev–Trinajstić information content (AvgIpc) is 3.89. The van der Waals surface area contributed by atoms with Crippen LogP contribution in [-0.4, -0.2) is 73.3 Å². The summed E-state index contributed by atoms with van der Waals surface area (Å²) >= 11 is 0. The van der Waals surface area contributed by atoms with Crippen molar-refractivity contribution in [3.05, 3.63) is 94.8 Å². The van der Waals surface area contributed by atoms with Gasteiger partial charge in [0.15, 0.2) is 0 Å². The van der Waals surface area contributed by atoms with Gasteiger partial charge in [0.2, 0.25) is 15.9 Å². The number of carbonyl (C=O) groups is 2. The number of rotatable bonds is 12. The summed E-state index contributed by atoms with van der Waals surface area (Å²) < 4.78 is 90.6. The highest BCUT2D eigenvalue weighted by Gasteiger charge is 2.45. The average molecular weight is 692 g/mol. The minimum absolute atomic E-state index is 0.0162. The zero-order valence-corrected chi connectivity index (χ0v) is 27.2. The molecule has 3 aromatic rings. The summed E-state index contributed by atoms with van der Waals surface area (Å²) in [6.45, 7) is 2.83. The minimum atomic E-state index is -3.46. The molecule has 1 aliphatic carbocycles. The molecule has 0 radical (unpaired) electrons. The number of amides is 2. The van der Waals surface area contributed by atoms with E-state index in [1.54, 1.807) is 4.31 Å². The summed E-state index contributed by atoms with van der Waals surface area (Å²) in [6.07, 6.45) is 3.34. The number of halogens is 4. The van der Waals surface area contributed by atoms with Crippen LogP contribution in [0.25, 0.3) is 0 Å². The van der Waals surface area contributed by atoms with Gasteiger partial charge in [0, 0.05) is 42.7 Å². The molecule has 5 rings (SSSR count).